The fraction of sp³-hybridized carbons (Fsp3) is 0.538. The number of halogens is 3. The predicted octanol–water partition coefficient (Wildman–Crippen LogP) is 5.69. The van der Waals surface area contributed by atoms with Gasteiger partial charge in [0.1, 0.15) is 0 Å². The first-order valence-corrected chi connectivity index (χ1v) is 7.21. The minimum Gasteiger partial charge on any atom is -0.126 e. The van der Waals surface area contributed by atoms with Gasteiger partial charge in [-0.15, -0.1) is 11.6 Å². The average Bonchev–Trinajstić information content (AvgIpc) is 2.23. The number of rotatable bonds is 5. The van der Waals surface area contributed by atoms with Gasteiger partial charge in [0.25, 0.3) is 0 Å². The third-order valence-electron chi connectivity index (χ3n) is 2.81. The Morgan fingerprint density at radius 2 is 2.06 bits per heavy atom. The predicted molar refractivity (Wildman–Crippen MR) is 76.6 cm³/mol. The van der Waals surface area contributed by atoms with Crippen molar-refractivity contribution in [3.05, 3.63) is 33.3 Å². The Hall–Kier alpha value is 0.280. The second-order valence-corrected chi connectivity index (χ2v) is 6.20. The lowest BCUT2D eigenvalue weighted by Gasteiger charge is -2.27. The van der Waals surface area contributed by atoms with Crippen LogP contribution in [0, 0.1) is 5.41 Å². The SMILES string of the molecule is CCCC(C)(CCl)Cc1ccc(Br)cc1Cl. The summed E-state index contributed by atoms with van der Waals surface area (Å²) in [5.41, 5.74) is 1.33. The van der Waals surface area contributed by atoms with E-state index in [1.165, 1.54) is 5.56 Å². The fourth-order valence-electron chi connectivity index (χ4n) is 1.93. The van der Waals surface area contributed by atoms with Gasteiger partial charge in [0.15, 0.2) is 0 Å². The molecule has 0 N–H and O–H groups in total. The molecule has 0 fully saturated rings. The first kappa shape index (κ1) is 14.3. The van der Waals surface area contributed by atoms with Gasteiger partial charge in [-0.05, 0) is 36.0 Å². The summed E-state index contributed by atoms with van der Waals surface area (Å²) in [5.74, 6) is 0.674. The van der Waals surface area contributed by atoms with E-state index in [0.29, 0.717) is 5.88 Å². The van der Waals surface area contributed by atoms with Gasteiger partial charge in [0, 0.05) is 15.4 Å². The Balaban J connectivity index is 2.85. The summed E-state index contributed by atoms with van der Waals surface area (Å²) in [6, 6.07) is 6.05. The number of hydrogen-bond donors (Lipinski definition) is 0. The molecule has 0 aliphatic carbocycles. The highest BCUT2D eigenvalue weighted by Gasteiger charge is 2.23. The van der Waals surface area contributed by atoms with Crippen molar-refractivity contribution in [2.75, 3.05) is 5.88 Å². The molecule has 1 unspecified atom stereocenters. The van der Waals surface area contributed by atoms with Gasteiger partial charge in [-0.1, -0.05) is 53.9 Å². The quantitative estimate of drug-likeness (QED) is 0.610. The molecule has 1 rings (SSSR count). The Labute approximate surface area is 116 Å². The van der Waals surface area contributed by atoms with Crippen LogP contribution in [0.2, 0.25) is 5.02 Å². The lowest BCUT2D eigenvalue weighted by Crippen LogP contribution is -2.21. The summed E-state index contributed by atoms with van der Waals surface area (Å²) < 4.78 is 1.02. The minimum absolute atomic E-state index is 0.147. The van der Waals surface area contributed by atoms with Gasteiger partial charge in [-0.3, -0.25) is 0 Å². The van der Waals surface area contributed by atoms with Gasteiger partial charge < -0.3 is 0 Å². The summed E-state index contributed by atoms with van der Waals surface area (Å²) >= 11 is 15.7. The second kappa shape index (κ2) is 6.28. The van der Waals surface area contributed by atoms with E-state index in [2.05, 4.69) is 35.8 Å². The van der Waals surface area contributed by atoms with Crippen LogP contribution in [-0.2, 0) is 6.42 Å². The van der Waals surface area contributed by atoms with Gasteiger partial charge in [0.2, 0.25) is 0 Å². The molecule has 0 saturated carbocycles. The molecule has 0 amide bonds. The molecule has 0 nitrogen and oxygen atoms in total. The standard InChI is InChI=1S/C13H17BrCl2/c1-3-6-13(2,9-15)8-10-4-5-11(14)7-12(10)16/h4-5,7H,3,6,8-9H2,1-2H3. The molecule has 1 atom stereocenters. The Bertz CT molecular complexity index is 352. The summed E-state index contributed by atoms with van der Waals surface area (Å²) in [6.07, 6.45) is 3.22. The molecule has 0 radical (unpaired) electrons. The van der Waals surface area contributed by atoms with Crippen molar-refractivity contribution >= 4 is 39.1 Å². The minimum atomic E-state index is 0.147. The van der Waals surface area contributed by atoms with Crippen molar-refractivity contribution in [2.24, 2.45) is 5.41 Å². The Morgan fingerprint density at radius 1 is 1.38 bits per heavy atom. The normalized spacial score (nSPS) is 14.8. The van der Waals surface area contributed by atoms with Gasteiger partial charge >= 0.3 is 0 Å². The summed E-state index contributed by atoms with van der Waals surface area (Å²) in [7, 11) is 0. The monoisotopic (exact) mass is 322 g/mol. The molecule has 0 aliphatic rings. The maximum atomic E-state index is 6.22. The Morgan fingerprint density at radius 3 is 2.56 bits per heavy atom. The first-order chi connectivity index (χ1) is 7.50. The van der Waals surface area contributed by atoms with E-state index >= 15 is 0 Å². The second-order valence-electron chi connectivity index (χ2n) is 4.61. The van der Waals surface area contributed by atoms with Crippen molar-refractivity contribution < 1.29 is 0 Å². The van der Waals surface area contributed by atoms with E-state index in [4.69, 9.17) is 23.2 Å². The smallest absolute Gasteiger partial charge is 0.0449 e. The largest absolute Gasteiger partial charge is 0.126 e. The van der Waals surface area contributed by atoms with Crippen LogP contribution in [0.25, 0.3) is 0 Å². The van der Waals surface area contributed by atoms with E-state index in [-0.39, 0.29) is 5.41 Å². The maximum Gasteiger partial charge on any atom is 0.0449 e. The van der Waals surface area contributed by atoms with Gasteiger partial charge in [0.05, 0.1) is 0 Å². The molecule has 0 spiro atoms. The fourth-order valence-corrected chi connectivity index (χ4v) is 2.90. The molecular weight excluding hydrogens is 307 g/mol. The molecule has 0 aromatic heterocycles. The van der Waals surface area contributed by atoms with E-state index < -0.39 is 0 Å². The maximum absolute atomic E-state index is 6.22. The molecular formula is C13H17BrCl2. The molecule has 1 aromatic rings. The summed E-state index contributed by atoms with van der Waals surface area (Å²) in [5, 5.41) is 0.821. The van der Waals surface area contributed by atoms with Crippen LogP contribution in [0.3, 0.4) is 0 Å². The van der Waals surface area contributed by atoms with Gasteiger partial charge in [-0.25, -0.2) is 0 Å². The van der Waals surface area contributed by atoms with Crippen LogP contribution in [0.1, 0.15) is 32.3 Å². The van der Waals surface area contributed by atoms with Crippen molar-refractivity contribution in [3.63, 3.8) is 0 Å². The zero-order chi connectivity index (χ0) is 12.2. The van der Waals surface area contributed by atoms with Crippen molar-refractivity contribution in [2.45, 2.75) is 33.1 Å². The van der Waals surface area contributed by atoms with Crippen molar-refractivity contribution in [1.82, 2.24) is 0 Å². The number of benzene rings is 1. The van der Waals surface area contributed by atoms with E-state index in [0.717, 1.165) is 28.8 Å². The van der Waals surface area contributed by atoms with Crippen LogP contribution in [0.5, 0.6) is 0 Å². The average molecular weight is 324 g/mol. The van der Waals surface area contributed by atoms with Crippen molar-refractivity contribution in [3.8, 4) is 0 Å². The molecule has 0 aliphatic heterocycles. The molecule has 0 saturated heterocycles. The highest BCUT2D eigenvalue weighted by Crippen LogP contribution is 2.33. The highest BCUT2D eigenvalue weighted by molar-refractivity contribution is 9.10. The van der Waals surface area contributed by atoms with Crippen LogP contribution >= 0.6 is 39.1 Å². The molecule has 0 heterocycles. The molecule has 90 valence electrons. The van der Waals surface area contributed by atoms with Crippen LogP contribution in [0.15, 0.2) is 22.7 Å². The molecule has 16 heavy (non-hydrogen) atoms. The number of hydrogen-bond acceptors (Lipinski definition) is 0. The lowest BCUT2D eigenvalue weighted by molar-refractivity contribution is 0.335. The molecule has 0 bridgehead atoms. The van der Waals surface area contributed by atoms with Crippen LogP contribution in [-0.4, -0.2) is 5.88 Å². The van der Waals surface area contributed by atoms with Crippen LogP contribution < -0.4 is 0 Å². The van der Waals surface area contributed by atoms with E-state index in [9.17, 15) is 0 Å². The Kier molecular flexibility index (Phi) is 5.63. The summed E-state index contributed by atoms with van der Waals surface area (Å²) in [6.45, 7) is 4.41. The highest BCUT2D eigenvalue weighted by atomic mass is 79.9. The third kappa shape index (κ3) is 3.94. The number of alkyl halides is 1. The van der Waals surface area contributed by atoms with Crippen molar-refractivity contribution in [1.29, 1.82) is 0 Å². The van der Waals surface area contributed by atoms with Crippen LogP contribution in [0.4, 0.5) is 0 Å². The van der Waals surface area contributed by atoms with Gasteiger partial charge in [-0.2, -0.15) is 0 Å². The topological polar surface area (TPSA) is 0 Å². The molecule has 1 aromatic carbocycles. The van der Waals surface area contributed by atoms with E-state index in [1.807, 2.05) is 12.1 Å². The third-order valence-corrected chi connectivity index (χ3v) is 4.30. The lowest BCUT2D eigenvalue weighted by atomic mass is 9.81. The van der Waals surface area contributed by atoms with E-state index in [1.54, 1.807) is 0 Å². The summed E-state index contributed by atoms with van der Waals surface area (Å²) in [4.78, 5) is 0. The zero-order valence-electron chi connectivity index (χ0n) is 9.69. The molecule has 3 heteroatoms. The first-order valence-electron chi connectivity index (χ1n) is 5.50. The zero-order valence-corrected chi connectivity index (χ0v) is 12.8.